The van der Waals surface area contributed by atoms with Gasteiger partial charge < -0.3 is 5.32 Å². The Morgan fingerprint density at radius 1 is 1.69 bits per heavy atom. The van der Waals surface area contributed by atoms with Crippen LogP contribution in [-0.4, -0.2) is 22.2 Å². The molecule has 1 aliphatic rings. The first-order valence-corrected chi connectivity index (χ1v) is 6.91. The van der Waals surface area contributed by atoms with Gasteiger partial charge in [0, 0.05) is 16.7 Å². The Hall–Kier alpha value is -0.550. The zero-order valence-electron chi connectivity index (χ0n) is 8.94. The third kappa shape index (κ3) is 3.22. The van der Waals surface area contributed by atoms with Crippen molar-refractivity contribution in [3.8, 4) is 0 Å². The molecular weight excluding hydrogens is 288 g/mol. The number of nitrogens with one attached hydrogen (secondary N) is 1. The van der Waals surface area contributed by atoms with E-state index in [9.17, 15) is 4.79 Å². The number of carbonyl (C=O) groups excluding carboxylic acids is 1. The van der Waals surface area contributed by atoms with Crippen molar-refractivity contribution in [2.24, 2.45) is 0 Å². The maximum atomic E-state index is 11.7. The summed E-state index contributed by atoms with van der Waals surface area (Å²) < 4.78 is 0.936. The topological polar surface area (TPSA) is 42.0 Å². The molecule has 1 atom stereocenters. The number of halogens is 1. The minimum absolute atomic E-state index is 0.102. The molecule has 1 aromatic rings. The van der Waals surface area contributed by atoms with E-state index in [0.717, 1.165) is 22.3 Å². The molecule has 1 saturated carbocycles. The van der Waals surface area contributed by atoms with Gasteiger partial charge >= 0.3 is 0 Å². The number of thioether (sulfide) groups is 1. The molecule has 0 radical (unpaired) electrons. The Labute approximate surface area is 108 Å². The van der Waals surface area contributed by atoms with Gasteiger partial charge in [0.05, 0.1) is 5.25 Å². The molecule has 1 heterocycles. The van der Waals surface area contributed by atoms with Crippen LogP contribution in [0.4, 0.5) is 0 Å². The van der Waals surface area contributed by atoms with Crippen molar-refractivity contribution in [3.05, 3.63) is 22.8 Å². The highest BCUT2D eigenvalue weighted by atomic mass is 79.9. The highest BCUT2D eigenvalue weighted by molar-refractivity contribution is 9.10. The number of hydrogen-bond acceptors (Lipinski definition) is 3. The molecule has 16 heavy (non-hydrogen) atoms. The molecule has 0 saturated heterocycles. The summed E-state index contributed by atoms with van der Waals surface area (Å²) in [7, 11) is 0. The van der Waals surface area contributed by atoms with E-state index < -0.39 is 0 Å². The predicted molar refractivity (Wildman–Crippen MR) is 68.4 cm³/mol. The van der Waals surface area contributed by atoms with Crippen molar-refractivity contribution in [2.45, 2.75) is 36.1 Å². The second kappa shape index (κ2) is 5.19. The standard InChI is InChI=1S/C11H13BrN2OS/c1-7(10(15)14-8-4-5-8)16-11-9(12)3-2-6-13-11/h2-3,6-8H,4-5H2,1H3,(H,14,15). The van der Waals surface area contributed by atoms with Gasteiger partial charge in [-0.2, -0.15) is 0 Å². The Morgan fingerprint density at radius 2 is 2.44 bits per heavy atom. The second-order valence-corrected chi connectivity index (χ2v) is 6.02. The number of rotatable bonds is 4. The van der Waals surface area contributed by atoms with Gasteiger partial charge in [0.25, 0.3) is 0 Å². The molecule has 1 aliphatic carbocycles. The molecule has 1 amide bonds. The van der Waals surface area contributed by atoms with Crippen LogP contribution in [0.25, 0.3) is 0 Å². The Balaban J connectivity index is 1.92. The molecule has 0 bridgehead atoms. The van der Waals surface area contributed by atoms with Crippen LogP contribution in [0, 0.1) is 0 Å². The summed E-state index contributed by atoms with van der Waals surface area (Å²) in [6, 6.07) is 4.21. The zero-order valence-corrected chi connectivity index (χ0v) is 11.3. The average molecular weight is 301 g/mol. The molecule has 0 aliphatic heterocycles. The van der Waals surface area contributed by atoms with Crippen molar-refractivity contribution in [1.82, 2.24) is 10.3 Å². The monoisotopic (exact) mass is 300 g/mol. The van der Waals surface area contributed by atoms with Crippen molar-refractivity contribution >= 4 is 33.6 Å². The van der Waals surface area contributed by atoms with Crippen LogP contribution < -0.4 is 5.32 Å². The summed E-state index contributed by atoms with van der Waals surface area (Å²) in [4.78, 5) is 16.0. The van der Waals surface area contributed by atoms with Crippen LogP contribution in [0.5, 0.6) is 0 Å². The smallest absolute Gasteiger partial charge is 0.233 e. The quantitative estimate of drug-likeness (QED) is 0.869. The largest absolute Gasteiger partial charge is 0.352 e. The molecule has 5 heteroatoms. The fraction of sp³-hybridized carbons (Fsp3) is 0.455. The summed E-state index contributed by atoms with van der Waals surface area (Å²) in [6.45, 7) is 1.91. The predicted octanol–water partition coefficient (Wildman–Crippen LogP) is 2.60. The molecule has 1 fully saturated rings. The van der Waals surface area contributed by atoms with Crippen LogP contribution in [0.1, 0.15) is 19.8 Å². The number of aromatic nitrogens is 1. The third-order valence-electron chi connectivity index (χ3n) is 2.31. The van der Waals surface area contributed by atoms with Crippen molar-refractivity contribution in [3.63, 3.8) is 0 Å². The van der Waals surface area contributed by atoms with E-state index in [1.165, 1.54) is 11.8 Å². The maximum absolute atomic E-state index is 11.7. The zero-order chi connectivity index (χ0) is 11.5. The first-order chi connectivity index (χ1) is 7.66. The molecule has 1 aromatic heterocycles. The van der Waals surface area contributed by atoms with E-state index in [-0.39, 0.29) is 11.2 Å². The number of pyridine rings is 1. The van der Waals surface area contributed by atoms with Gasteiger partial charge in [-0.05, 0) is 47.8 Å². The van der Waals surface area contributed by atoms with E-state index >= 15 is 0 Å². The van der Waals surface area contributed by atoms with Crippen molar-refractivity contribution in [1.29, 1.82) is 0 Å². The molecule has 0 spiro atoms. The SMILES string of the molecule is CC(Sc1ncccc1Br)C(=O)NC1CC1. The lowest BCUT2D eigenvalue weighted by molar-refractivity contribution is -0.120. The van der Waals surface area contributed by atoms with Crippen molar-refractivity contribution in [2.75, 3.05) is 0 Å². The van der Waals surface area contributed by atoms with Crippen LogP contribution >= 0.6 is 27.7 Å². The minimum atomic E-state index is -0.105. The lowest BCUT2D eigenvalue weighted by atomic mass is 10.4. The number of hydrogen-bond donors (Lipinski definition) is 1. The van der Waals surface area contributed by atoms with E-state index in [2.05, 4.69) is 26.2 Å². The van der Waals surface area contributed by atoms with Gasteiger partial charge in [-0.15, -0.1) is 0 Å². The lowest BCUT2D eigenvalue weighted by Crippen LogP contribution is -2.32. The van der Waals surface area contributed by atoms with Gasteiger partial charge in [0.15, 0.2) is 0 Å². The molecule has 0 aromatic carbocycles. The maximum Gasteiger partial charge on any atom is 0.233 e. The Kier molecular flexibility index (Phi) is 3.86. The van der Waals surface area contributed by atoms with Crippen LogP contribution in [0.15, 0.2) is 27.8 Å². The van der Waals surface area contributed by atoms with E-state index in [1.807, 2.05) is 19.1 Å². The number of nitrogens with zero attached hydrogens (tertiary/aromatic N) is 1. The van der Waals surface area contributed by atoms with Gasteiger partial charge in [-0.3, -0.25) is 4.79 Å². The number of carbonyl (C=O) groups is 1. The number of amides is 1. The highest BCUT2D eigenvalue weighted by Gasteiger charge is 2.26. The van der Waals surface area contributed by atoms with Crippen LogP contribution in [0.3, 0.4) is 0 Å². The summed E-state index contributed by atoms with van der Waals surface area (Å²) >= 11 is 4.90. The summed E-state index contributed by atoms with van der Waals surface area (Å²) in [5, 5.41) is 3.75. The molecule has 86 valence electrons. The summed E-state index contributed by atoms with van der Waals surface area (Å²) in [5.74, 6) is 0.102. The van der Waals surface area contributed by atoms with E-state index in [4.69, 9.17) is 0 Å². The first-order valence-electron chi connectivity index (χ1n) is 5.24. The fourth-order valence-electron chi connectivity index (χ4n) is 1.23. The Morgan fingerprint density at radius 3 is 3.06 bits per heavy atom. The third-order valence-corrected chi connectivity index (χ3v) is 4.32. The fourth-order valence-corrected chi connectivity index (χ4v) is 2.57. The van der Waals surface area contributed by atoms with Crippen LogP contribution in [-0.2, 0) is 4.79 Å². The molecular formula is C11H13BrN2OS. The summed E-state index contributed by atoms with van der Waals surface area (Å²) in [6.07, 6.45) is 3.98. The van der Waals surface area contributed by atoms with Gasteiger partial charge in [-0.1, -0.05) is 11.8 Å². The molecule has 1 unspecified atom stereocenters. The lowest BCUT2D eigenvalue weighted by Gasteiger charge is -2.11. The highest BCUT2D eigenvalue weighted by Crippen LogP contribution is 2.29. The molecule has 2 rings (SSSR count). The first kappa shape index (κ1) is 11.9. The normalized spacial score (nSPS) is 16.9. The minimum Gasteiger partial charge on any atom is -0.352 e. The van der Waals surface area contributed by atoms with Gasteiger partial charge in [0.2, 0.25) is 5.91 Å². The molecule has 1 N–H and O–H groups in total. The van der Waals surface area contributed by atoms with Crippen LogP contribution in [0.2, 0.25) is 0 Å². The van der Waals surface area contributed by atoms with Gasteiger partial charge in [-0.25, -0.2) is 4.98 Å². The van der Waals surface area contributed by atoms with E-state index in [1.54, 1.807) is 6.20 Å². The van der Waals surface area contributed by atoms with Gasteiger partial charge in [0.1, 0.15) is 5.03 Å². The van der Waals surface area contributed by atoms with Crippen molar-refractivity contribution < 1.29 is 4.79 Å². The van der Waals surface area contributed by atoms with E-state index in [0.29, 0.717) is 6.04 Å². The summed E-state index contributed by atoms with van der Waals surface area (Å²) in [5.41, 5.74) is 0. The Bertz CT molecular complexity index is 395. The average Bonchev–Trinajstić information content (AvgIpc) is 3.05. The second-order valence-electron chi connectivity index (χ2n) is 3.83. The molecule has 3 nitrogen and oxygen atoms in total.